The van der Waals surface area contributed by atoms with Crippen LogP contribution in [0.15, 0.2) is 42.6 Å². The predicted octanol–water partition coefficient (Wildman–Crippen LogP) is 4.39. The number of halogens is 1. The number of nitrogens with one attached hydrogen (secondary N) is 2. The lowest BCUT2D eigenvalue weighted by Crippen LogP contribution is -2.39. The van der Waals surface area contributed by atoms with Crippen LogP contribution in [-0.2, 0) is 0 Å². The first-order valence-corrected chi connectivity index (χ1v) is 8.75. The lowest BCUT2D eigenvalue weighted by molar-refractivity contribution is 0.261. The van der Waals surface area contributed by atoms with Gasteiger partial charge in [-0.3, -0.25) is 0 Å². The largest absolute Gasteiger partial charge is 0.381 e. The number of likely N-dealkylation sites (tertiary alicyclic amines) is 1. The molecule has 0 radical (unpaired) electrons. The number of H-pyrrole nitrogens is 1. The lowest BCUT2D eigenvalue weighted by Gasteiger charge is -2.30. The van der Waals surface area contributed by atoms with Gasteiger partial charge in [-0.1, -0.05) is 23.7 Å². The number of hydrogen-bond donors (Lipinski definition) is 2. The molecule has 0 spiro atoms. The molecule has 1 fully saturated rings. The molecule has 3 heterocycles. The van der Waals surface area contributed by atoms with Gasteiger partial charge < -0.3 is 15.2 Å². The van der Waals surface area contributed by atoms with Crippen LogP contribution in [0.3, 0.4) is 0 Å². The lowest BCUT2D eigenvalue weighted by atomic mass is 10.1. The summed E-state index contributed by atoms with van der Waals surface area (Å²) in [5.41, 5.74) is 4.17. The smallest absolute Gasteiger partial charge is 0.139 e. The van der Waals surface area contributed by atoms with Crippen LogP contribution in [0.1, 0.15) is 12.8 Å². The number of rotatable bonds is 3. The fourth-order valence-electron chi connectivity index (χ4n) is 3.42. The highest BCUT2D eigenvalue weighted by molar-refractivity contribution is 6.35. The maximum Gasteiger partial charge on any atom is 0.139 e. The molecule has 124 valence electrons. The molecule has 5 heteroatoms. The molecule has 0 amide bonds. The van der Waals surface area contributed by atoms with Crippen molar-refractivity contribution in [3.8, 4) is 11.3 Å². The first-order valence-electron chi connectivity index (χ1n) is 8.38. The van der Waals surface area contributed by atoms with E-state index < -0.39 is 0 Å². The van der Waals surface area contributed by atoms with Crippen molar-refractivity contribution in [3.05, 3.63) is 47.6 Å². The molecule has 1 aromatic carbocycles. The van der Waals surface area contributed by atoms with Crippen LogP contribution in [0.5, 0.6) is 0 Å². The highest BCUT2D eigenvalue weighted by Gasteiger charge is 2.16. The average Bonchev–Trinajstić information content (AvgIpc) is 3.01. The number of benzene rings is 1. The molecule has 0 unspecified atom stereocenters. The monoisotopic (exact) mass is 340 g/mol. The van der Waals surface area contributed by atoms with E-state index in [1.54, 1.807) is 6.20 Å². The van der Waals surface area contributed by atoms with Crippen LogP contribution >= 0.6 is 11.6 Å². The Hall–Kier alpha value is -2.04. The van der Waals surface area contributed by atoms with E-state index in [0.29, 0.717) is 6.04 Å². The Bertz CT molecular complexity index is 840. The molecule has 3 aromatic rings. The maximum atomic E-state index is 6.23. The number of aromatic amines is 1. The zero-order valence-corrected chi connectivity index (χ0v) is 14.5. The molecule has 2 aromatic heterocycles. The second kappa shape index (κ2) is 6.46. The normalized spacial score (nSPS) is 18.8. The van der Waals surface area contributed by atoms with Gasteiger partial charge in [-0.15, -0.1) is 0 Å². The van der Waals surface area contributed by atoms with Crippen LogP contribution < -0.4 is 5.32 Å². The summed E-state index contributed by atoms with van der Waals surface area (Å²) in [7, 11) is 2.19. The fraction of sp³-hybridized carbons (Fsp3) is 0.316. The predicted molar refractivity (Wildman–Crippen MR) is 101 cm³/mol. The molecule has 0 saturated carbocycles. The highest BCUT2D eigenvalue weighted by Crippen LogP contribution is 2.28. The highest BCUT2D eigenvalue weighted by atomic mass is 35.5. The van der Waals surface area contributed by atoms with Gasteiger partial charge in [0, 0.05) is 35.6 Å². The van der Waals surface area contributed by atoms with E-state index in [2.05, 4.69) is 57.6 Å². The Morgan fingerprint density at radius 1 is 1.25 bits per heavy atom. The first-order chi connectivity index (χ1) is 11.7. The van der Waals surface area contributed by atoms with E-state index in [1.165, 1.54) is 25.1 Å². The zero-order valence-electron chi connectivity index (χ0n) is 13.7. The van der Waals surface area contributed by atoms with E-state index in [1.807, 2.05) is 6.07 Å². The minimum Gasteiger partial charge on any atom is -0.381 e. The van der Waals surface area contributed by atoms with Gasteiger partial charge in [-0.25, -0.2) is 4.98 Å². The molecule has 4 rings (SSSR count). The summed E-state index contributed by atoms with van der Waals surface area (Å²) < 4.78 is 0. The number of hydrogen-bond acceptors (Lipinski definition) is 3. The van der Waals surface area contributed by atoms with E-state index in [9.17, 15) is 0 Å². The Morgan fingerprint density at radius 2 is 2.08 bits per heavy atom. The van der Waals surface area contributed by atoms with Gasteiger partial charge in [-0.2, -0.15) is 0 Å². The molecule has 2 N–H and O–H groups in total. The molecule has 4 nitrogen and oxygen atoms in total. The Morgan fingerprint density at radius 3 is 2.83 bits per heavy atom. The van der Waals surface area contributed by atoms with Crippen LogP contribution in [0.25, 0.3) is 22.3 Å². The molecule has 1 atom stereocenters. The van der Waals surface area contributed by atoms with Gasteiger partial charge in [0.25, 0.3) is 0 Å². The first kappa shape index (κ1) is 15.5. The minimum absolute atomic E-state index is 0.533. The summed E-state index contributed by atoms with van der Waals surface area (Å²) in [6, 6.07) is 13.0. The minimum atomic E-state index is 0.533. The van der Waals surface area contributed by atoms with Crippen molar-refractivity contribution in [1.29, 1.82) is 0 Å². The van der Waals surface area contributed by atoms with Crippen molar-refractivity contribution >= 4 is 28.3 Å². The molecule has 1 saturated heterocycles. The van der Waals surface area contributed by atoms with Gasteiger partial charge in [0.15, 0.2) is 0 Å². The maximum absolute atomic E-state index is 6.23. The molecule has 1 aliphatic rings. The molecule has 24 heavy (non-hydrogen) atoms. The average molecular weight is 341 g/mol. The third-order valence-electron chi connectivity index (χ3n) is 4.67. The number of fused-ring (bicyclic) bond motifs is 1. The third kappa shape index (κ3) is 3.12. The van der Waals surface area contributed by atoms with Crippen LogP contribution in [0, 0.1) is 0 Å². The van der Waals surface area contributed by atoms with Crippen molar-refractivity contribution in [2.45, 2.75) is 18.9 Å². The van der Waals surface area contributed by atoms with Gasteiger partial charge in [0.2, 0.25) is 0 Å². The second-order valence-corrected chi connectivity index (χ2v) is 6.97. The van der Waals surface area contributed by atoms with Crippen molar-refractivity contribution in [2.24, 2.45) is 0 Å². The summed E-state index contributed by atoms with van der Waals surface area (Å²) in [4.78, 5) is 10.1. The Kier molecular flexibility index (Phi) is 4.17. The second-order valence-electron chi connectivity index (χ2n) is 6.56. The number of piperidine rings is 1. The van der Waals surface area contributed by atoms with Crippen molar-refractivity contribution in [1.82, 2.24) is 14.9 Å². The van der Waals surface area contributed by atoms with E-state index in [-0.39, 0.29) is 0 Å². The summed E-state index contributed by atoms with van der Waals surface area (Å²) in [6.07, 6.45) is 4.21. The number of anilines is 1. The van der Waals surface area contributed by atoms with Crippen LogP contribution in [0.2, 0.25) is 5.02 Å². The SMILES string of the molecule is CN1CCC[C@@H](Nc2ccc(-c3cc4c(Cl)ccnc4[nH]3)cc2)C1. The van der Waals surface area contributed by atoms with Crippen LogP contribution in [0.4, 0.5) is 5.69 Å². The van der Waals surface area contributed by atoms with E-state index in [0.717, 1.165) is 33.9 Å². The van der Waals surface area contributed by atoms with Gasteiger partial charge >= 0.3 is 0 Å². The molecule has 1 aliphatic heterocycles. The summed E-state index contributed by atoms with van der Waals surface area (Å²) >= 11 is 6.23. The summed E-state index contributed by atoms with van der Waals surface area (Å²) in [5, 5.41) is 5.32. The number of nitrogens with zero attached hydrogens (tertiary/aromatic N) is 2. The Balaban J connectivity index is 1.53. The van der Waals surface area contributed by atoms with E-state index in [4.69, 9.17) is 11.6 Å². The van der Waals surface area contributed by atoms with Crippen molar-refractivity contribution in [2.75, 3.05) is 25.5 Å². The quantitative estimate of drug-likeness (QED) is 0.743. The molecule has 0 aliphatic carbocycles. The summed E-state index contributed by atoms with van der Waals surface area (Å²) in [5.74, 6) is 0. The Labute approximate surface area is 146 Å². The van der Waals surface area contributed by atoms with Crippen LogP contribution in [-0.4, -0.2) is 41.0 Å². The van der Waals surface area contributed by atoms with Crippen molar-refractivity contribution in [3.63, 3.8) is 0 Å². The number of aromatic nitrogens is 2. The topological polar surface area (TPSA) is 44.0 Å². The number of likely N-dealkylation sites (N-methyl/N-ethyl adjacent to an activating group) is 1. The van der Waals surface area contributed by atoms with Crippen molar-refractivity contribution < 1.29 is 0 Å². The van der Waals surface area contributed by atoms with E-state index >= 15 is 0 Å². The van der Waals surface area contributed by atoms with Gasteiger partial charge in [0.05, 0.1) is 5.02 Å². The zero-order chi connectivity index (χ0) is 16.5. The molecular formula is C19H21ClN4. The molecule has 0 bridgehead atoms. The standard InChI is InChI=1S/C19H21ClN4/c1-24-10-2-3-15(12-24)22-14-6-4-13(5-7-14)18-11-16-17(20)8-9-21-19(16)23-18/h4-9,11,15,22H,2-3,10,12H2,1H3,(H,21,23)/t15-/m1/s1. The van der Waals surface area contributed by atoms with Gasteiger partial charge in [-0.05, 0) is 56.3 Å². The summed E-state index contributed by atoms with van der Waals surface area (Å²) in [6.45, 7) is 2.31. The molecular weight excluding hydrogens is 320 g/mol. The third-order valence-corrected chi connectivity index (χ3v) is 5.00. The number of pyridine rings is 1. The van der Waals surface area contributed by atoms with Gasteiger partial charge in [0.1, 0.15) is 5.65 Å². The fourth-order valence-corrected chi connectivity index (χ4v) is 3.62.